The Morgan fingerprint density at radius 2 is 2.00 bits per heavy atom. The fourth-order valence-corrected chi connectivity index (χ4v) is 5.82. The summed E-state index contributed by atoms with van der Waals surface area (Å²) in [5.41, 5.74) is 0.648. The Bertz CT molecular complexity index is 840. The predicted molar refractivity (Wildman–Crippen MR) is 119 cm³/mol. The van der Waals surface area contributed by atoms with Crippen molar-refractivity contribution in [3.8, 4) is 5.75 Å². The number of piperidine rings is 1. The van der Waals surface area contributed by atoms with Crippen LogP contribution < -0.4 is 10.1 Å². The molecular formula is C22H35N3O5S. The number of carbonyl (C=O) groups excluding carboxylic acids is 1. The van der Waals surface area contributed by atoms with Crippen molar-refractivity contribution in [3.05, 3.63) is 23.8 Å². The van der Waals surface area contributed by atoms with Gasteiger partial charge in [-0.25, -0.2) is 8.42 Å². The Morgan fingerprint density at radius 3 is 2.71 bits per heavy atom. The summed E-state index contributed by atoms with van der Waals surface area (Å²) >= 11 is 0. The second kappa shape index (κ2) is 11.3. The Labute approximate surface area is 185 Å². The van der Waals surface area contributed by atoms with E-state index in [1.807, 2.05) is 0 Å². The molecule has 1 unspecified atom stereocenters. The van der Waals surface area contributed by atoms with Crippen molar-refractivity contribution in [1.29, 1.82) is 0 Å². The molecule has 9 heteroatoms. The SMILES string of the molecule is COc1ccc(CC(=O)NCCCN2CCCCC2C)cc1S(=O)(=O)N1CCOCC1. The lowest BCUT2D eigenvalue weighted by atomic mass is 10.0. The van der Waals surface area contributed by atoms with E-state index in [0.29, 0.717) is 44.5 Å². The first-order chi connectivity index (χ1) is 14.9. The fourth-order valence-electron chi connectivity index (χ4n) is 4.21. The number of hydrogen-bond donors (Lipinski definition) is 1. The average Bonchev–Trinajstić information content (AvgIpc) is 2.78. The molecule has 2 aliphatic heterocycles. The van der Waals surface area contributed by atoms with Crippen molar-refractivity contribution in [1.82, 2.24) is 14.5 Å². The van der Waals surface area contributed by atoms with Gasteiger partial charge in [-0.3, -0.25) is 4.79 Å². The van der Waals surface area contributed by atoms with Gasteiger partial charge in [0.05, 0.1) is 26.7 Å². The van der Waals surface area contributed by atoms with Gasteiger partial charge in [0.25, 0.3) is 0 Å². The van der Waals surface area contributed by atoms with Crippen LogP contribution in [0.2, 0.25) is 0 Å². The third-order valence-electron chi connectivity index (χ3n) is 6.07. The molecule has 174 valence electrons. The summed E-state index contributed by atoms with van der Waals surface area (Å²) in [6, 6.07) is 5.54. The van der Waals surface area contributed by atoms with Crippen LogP contribution in [0.15, 0.2) is 23.1 Å². The zero-order valence-corrected chi connectivity index (χ0v) is 19.5. The summed E-state index contributed by atoms with van der Waals surface area (Å²) in [5.74, 6) is 0.179. The molecule has 0 spiro atoms. The number of nitrogens with zero attached hydrogens (tertiary/aromatic N) is 2. The summed E-state index contributed by atoms with van der Waals surface area (Å²) in [4.78, 5) is 15.0. The van der Waals surface area contributed by atoms with Crippen LogP contribution in [0, 0.1) is 0 Å². The number of morpholine rings is 1. The molecule has 0 bridgehead atoms. The average molecular weight is 454 g/mol. The second-order valence-electron chi connectivity index (χ2n) is 8.26. The zero-order valence-electron chi connectivity index (χ0n) is 18.6. The monoisotopic (exact) mass is 453 g/mol. The predicted octanol–water partition coefficient (Wildman–Crippen LogP) is 1.64. The van der Waals surface area contributed by atoms with Crippen molar-refractivity contribution in [2.75, 3.05) is 53.0 Å². The summed E-state index contributed by atoms with van der Waals surface area (Å²) in [5, 5.41) is 2.96. The molecular weight excluding hydrogens is 418 g/mol. The highest BCUT2D eigenvalue weighted by Crippen LogP contribution is 2.28. The molecule has 2 fully saturated rings. The van der Waals surface area contributed by atoms with Gasteiger partial charge in [0, 0.05) is 32.2 Å². The van der Waals surface area contributed by atoms with Gasteiger partial charge in [-0.2, -0.15) is 4.31 Å². The Hall–Kier alpha value is -1.68. The van der Waals surface area contributed by atoms with Crippen molar-refractivity contribution >= 4 is 15.9 Å². The molecule has 0 saturated carbocycles. The smallest absolute Gasteiger partial charge is 0.246 e. The quantitative estimate of drug-likeness (QED) is 0.572. The van der Waals surface area contributed by atoms with Crippen molar-refractivity contribution < 1.29 is 22.7 Å². The van der Waals surface area contributed by atoms with E-state index in [0.717, 1.165) is 19.5 Å². The summed E-state index contributed by atoms with van der Waals surface area (Å²) < 4.78 is 38.1. The van der Waals surface area contributed by atoms with E-state index in [1.165, 1.54) is 30.7 Å². The van der Waals surface area contributed by atoms with Crippen LogP contribution in [0.5, 0.6) is 5.75 Å². The minimum absolute atomic E-state index is 0.0984. The maximum absolute atomic E-state index is 13.1. The lowest BCUT2D eigenvalue weighted by molar-refractivity contribution is -0.120. The minimum Gasteiger partial charge on any atom is -0.495 e. The van der Waals surface area contributed by atoms with Crippen LogP contribution in [0.4, 0.5) is 0 Å². The molecule has 2 heterocycles. The van der Waals surface area contributed by atoms with Gasteiger partial charge in [0.1, 0.15) is 10.6 Å². The van der Waals surface area contributed by atoms with Crippen molar-refractivity contribution in [3.63, 3.8) is 0 Å². The lowest BCUT2D eigenvalue weighted by Gasteiger charge is -2.33. The number of carbonyl (C=O) groups is 1. The topological polar surface area (TPSA) is 88.2 Å². The van der Waals surface area contributed by atoms with E-state index in [4.69, 9.17) is 9.47 Å². The highest BCUT2D eigenvalue weighted by Gasteiger charge is 2.29. The number of ether oxygens (including phenoxy) is 2. The number of sulfonamides is 1. The molecule has 1 N–H and O–H groups in total. The number of nitrogens with one attached hydrogen (secondary N) is 1. The van der Waals surface area contributed by atoms with Crippen molar-refractivity contribution in [2.45, 2.75) is 50.0 Å². The normalized spacial score (nSPS) is 21.0. The number of benzene rings is 1. The largest absolute Gasteiger partial charge is 0.495 e. The Morgan fingerprint density at radius 1 is 1.23 bits per heavy atom. The van der Waals surface area contributed by atoms with Crippen LogP contribution in [-0.2, 0) is 26.0 Å². The van der Waals surface area contributed by atoms with Crippen LogP contribution in [-0.4, -0.2) is 82.6 Å². The number of rotatable bonds is 9. The first-order valence-electron chi connectivity index (χ1n) is 11.2. The highest BCUT2D eigenvalue weighted by molar-refractivity contribution is 7.89. The molecule has 0 aromatic heterocycles. The van der Waals surface area contributed by atoms with Crippen molar-refractivity contribution in [2.24, 2.45) is 0 Å². The van der Waals surface area contributed by atoms with Gasteiger partial charge in [0.15, 0.2) is 0 Å². The van der Waals surface area contributed by atoms with E-state index in [9.17, 15) is 13.2 Å². The minimum atomic E-state index is -3.71. The Kier molecular flexibility index (Phi) is 8.71. The summed E-state index contributed by atoms with van der Waals surface area (Å²) in [7, 11) is -2.26. The standard InChI is InChI=1S/C22H35N3O5S/c1-18-6-3-4-10-24(18)11-5-9-23-22(26)17-19-7-8-20(29-2)21(16-19)31(27,28)25-12-14-30-15-13-25/h7-8,16,18H,3-6,9-15,17H2,1-2H3,(H,23,26). The fraction of sp³-hybridized carbons (Fsp3) is 0.682. The Balaban J connectivity index is 1.56. The molecule has 1 amide bonds. The zero-order chi connectivity index (χ0) is 22.3. The number of hydrogen-bond acceptors (Lipinski definition) is 6. The molecule has 8 nitrogen and oxygen atoms in total. The summed E-state index contributed by atoms with van der Waals surface area (Å²) in [6.45, 7) is 6.39. The molecule has 0 radical (unpaired) electrons. The lowest BCUT2D eigenvalue weighted by Crippen LogP contribution is -2.40. The molecule has 0 aliphatic carbocycles. The first kappa shape index (κ1) is 24.0. The maximum atomic E-state index is 13.1. The van der Waals surface area contributed by atoms with Gasteiger partial charge in [-0.05, 0) is 50.4 Å². The van der Waals surface area contributed by atoms with Crippen LogP contribution >= 0.6 is 0 Å². The van der Waals surface area contributed by atoms with E-state index >= 15 is 0 Å². The van der Waals surface area contributed by atoms with E-state index in [1.54, 1.807) is 18.2 Å². The van der Waals surface area contributed by atoms with Crippen LogP contribution in [0.25, 0.3) is 0 Å². The molecule has 2 saturated heterocycles. The first-order valence-corrected chi connectivity index (χ1v) is 12.6. The molecule has 1 aromatic rings. The third-order valence-corrected chi connectivity index (χ3v) is 7.99. The number of amides is 1. The number of likely N-dealkylation sites (tertiary alicyclic amines) is 1. The third kappa shape index (κ3) is 6.41. The van der Waals surface area contributed by atoms with E-state index in [-0.39, 0.29) is 23.0 Å². The van der Waals surface area contributed by atoms with Gasteiger partial charge in [-0.1, -0.05) is 12.5 Å². The van der Waals surface area contributed by atoms with Gasteiger partial charge < -0.3 is 19.7 Å². The highest BCUT2D eigenvalue weighted by atomic mass is 32.2. The van der Waals surface area contributed by atoms with Gasteiger partial charge in [-0.15, -0.1) is 0 Å². The van der Waals surface area contributed by atoms with Crippen LogP contribution in [0.1, 0.15) is 38.2 Å². The van der Waals surface area contributed by atoms with Gasteiger partial charge in [0.2, 0.25) is 15.9 Å². The molecule has 2 aliphatic rings. The molecule has 1 atom stereocenters. The second-order valence-corrected chi connectivity index (χ2v) is 10.2. The van der Waals surface area contributed by atoms with Gasteiger partial charge >= 0.3 is 0 Å². The number of methoxy groups -OCH3 is 1. The maximum Gasteiger partial charge on any atom is 0.246 e. The molecule has 3 rings (SSSR count). The molecule has 1 aromatic carbocycles. The van der Waals surface area contributed by atoms with E-state index in [2.05, 4.69) is 17.1 Å². The summed E-state index contributed by atoms with van der Waals surface area (Å²) in [6.07, 6.45) is 4.86. The van der Waals surface area contributed by atoms with Crippen LogP contribution in [0.3, 0.4) is 0 Å². The molecule has 31 heavy (non-hydrogen) atoms. The van der Waals surface area contributed by atoms with E-state index < -0.39 is 10.0 Å².